The van der Waals surface area contributed by atoms with Crippen LogP contribution in [-0.4, -0.2) is 29.1 Å². The summed E-state index contributed by atoms with van der Waals surface area (Å²) in [6.45, 7) is 4.68. The number of aromatic nitrogens is 6. The van der Waals surface area contributed by atoms with E-state index in [1.54, 1.807) is 0 Å². The monoisotopic (exact) mass is 858 g/mol. The fourth-order valence-corrected chi connectivity index (χ4v) is 10.4. The zero-order chi connectivity index (χ0) is 44.6. The second-order valence-electron chi connectivity index (χ2n) is 17.9. The molecule has 0 amide bonds. The van der Waals surface area contributed by atoms with Gasteiger partial charge in [-0.3, -0.25) is 4.57 Å². The molecule has 3 aromatic heterocycles. The van der Waals surface area contributed by atoms with Gasteiger partial charge in [0.25, 0.3) is 0 Å². The first-order chi connectivity index (χ1) is 33.0. The highest BCUT2D eigenvalue weighted by atomic mass is 15.1. The van der Waals surface area contributed by atoms with E-state index in [0.29, 0.717) is 17.5 Å². The zero-order valence-electron chi connectivity index (χ0n) is 37.0. The predicted molar refractivity (Wildman–Crippen MR) is 274 cm³/mol. The smallest absolute Gasteiger partial charge is 0.164 e. The van der Waals surface area contributed by atoms with Crippen LogP contribution < -0.4 is 0 Å². The molecule has 0 saturated heterocycles. The van der Waals surface area contributed by atoms with Crippen LogP contribution in [0.1, 0.15) is 25.0 Å². The summed E-state index contributed by atoms with van der Waals surface area (Å²) in [6.07, 6.45) is 0. The lowest BCUT2D eigenvalue weighted by Gasteiger charge is -2.22. The summed E-state index contributed by atoms with van der Waals surface area (Å²) in [5.74, 6) is 2.71. The Bertz CT molecular complexity index is 3880. The molecular formula is C61H42N6. The Morgan fingerprint density at radius 1 is 0.343 bits per heavy atom. The van der Waals surface area contributed by atoms with Gasteiger partial charge >= 0.3 is 0 Å². The Kier molecular flexibility index (Phi) is 8.77. The molecule has 0 N–H and O–H groups in total. The van der Waals surface area contributed by atoms with E-state index in [-0.39, 0.29) is 5.41 Å². The van der Waals surface area contributed by atoms with Crippen molar-refractivity contribution in [2.45, 2.75) is 19.3 Å². The number of imidazole rings is 1. The molecule has 0 atom stereocenters. The van der Waals surface area contributed by atoms with Crippen molar-refractivity contribution in [3.63, 3.8) is 0 Å². The second kappa shape index (κ2) is 15.2. The molecule has 0 aliphatic heterocycles. The van der Waals surface area contributed by atoms with E-state index in [4.69, 9.17) is 19.9 Å². The van der Waals surface area contributed by atoms with Gasteiger partial charge < -0.3 is 4.57 Å². The van der Waals surface area contributed by atoms with E-state index in [9.17, 15) is 0 Å². The van der Waals surface area contributed by atoms with Gasteiger partial charge in [-0.05, 0) is 100 Å². The summed E-state index contributed by atoms with van der Waals surface area (Å²) in [5, 5.41) is 2.48. The molecule has 0 radical (unpaired) electrons. The largest absolute Gasteiger partial charge is 0.309 e. The van der Waals surface area contributed by atoms with E-state index in [1.807, 2.05) is 30.3 Å². The van der Waals surface area contributed by atoms with Crippen LogP contribution in [-0.2, 0) is 5.41 Å². The normalized spacial score (nSPS) is 12.7. The van der Waals surface area contributed by atoms with Crippen molar-refractivity contribution in [3.8, 4) is 79.2 Å². The van der Waals surface area contributed by atoms with Crippen LogP contribution in [0.4, 0.5) is 0 Å². The lowest BCUT2D eigenvalue weighted by Crippen LogP contribution is -2.15. The highest BCUT2D eigenvalue weighted by Crippen LogP contribution is 2.53. The standard InChI is InChI=1S/C61H42N6/c1-61(2)50-28-17-27-48(56(50)47-34-32-41(38-51(47)61)40-33-35-54-49(37-40)46-26-12-14-30-53(46)66(54)44-22-8-4-9-23-44)59-64-57(39-18-6-3-7-19-39)63-58(65-59)42-20-16-21-43(36-42)60-62-52-29-13-15-31-55(52)67(60)45-24-10-5-11-25-45/h3-38H,1-2H3. The van der Waals surface area contributed by atoms with Crippen molar-refractivity contribution in [2.75, 3.05) is 0 Å². The third kappa shape index (κ3) is 6.25. The van der Waals surface area contributed by atoms with Gasteiger partial charge in [-0.1, -0.05) is 166 Å². The maximum Gasteiger partial charge on any atom is 0.164 e. The highest BCUT2D eigenvalue weighted by molar-refractivity contribution is 6.10. The SMILES string of the molecule is CC1(C)c2cc(-c3ccc4c(c3)c3ccccc3n4-c3ccccc3)ccc2-c2c(-c3nc(-c4ccccc4)nc(-c4cccc(-c5nc6ccccc6n5-c5ccccc5)c4)n3)cccc21. The zero-order valence-corrected chi connectivity index (χ0v) is 37.0. The van der Waals surface area contributed by atoms with Gasteiger partial charge in [-0.15, -0.1) is 0 Å². The fraction of sp³-hybridized carbons (Fsp3) is 0.0492. The lowest BCUT2D eigenvalue weighted by molar-refractivity contribution is 0.660. The third-order valence-electron chi connectivity index (χ3n) is 13.6. The first-order valence-corrected chi connectivity index (χ1v) is 22.8. The first kappa shape index (κ1) is 38.7. The number of hydrogen-bond acceptors (Lipinski definition) is 4. The summed E-state index contributed by atoms with van der Waals surface area (Å²) in [4.78, 5) is 21.0. The van der Waals surface area contributed by atoms with Gasteiger partial charge in [0.1, 0.15) is 5.82 Å². The lowest BCUT2D eigenvalue weighted by atomic mass is 9.81. The van der Waals surface area contributed by atoms with Crippen molar-refractivity contribution in [1.29, 1.82) is 0 Å². The highest BCUT2D eigenvalue weighted by Gasteiger charge is 2.38. The number of para-hydroxylation sites is 5. The van der Waals surface area contributed by atoms with Gasteiger partial charge in [0, 0.05) is 49.8 Å². The molecular weight excluding hydrogens is 817 g/mol. The van der Waals surface area contributed by atoms with Crippen molar-refractivity contribution < 1.29 is 0 Å². The average Bonchev–Trinajstić information content (AvgIpc) is 4.02. The minimum Gasteiger partial charge on any atom is -0.309 e. The molecule has 0 unspecified atom stereocenters. The number of benzene rings is 9. The fourth-order valence-electron chi connectivity index (χ4n) is 10.4. The molecule has 6 nitrogen and oxygen atoms in total. The maximum absolute atomic E-state index is 5.35. The summed E-state index contributed by atoms with van der Waals surface area (Å²) in [6, 6.07) is 77.2. The number of fused-ring (bicyclic) bond motifs is 7. The predicted octanol–water partition coefficient (Wildman–Crippen LogP) is 14.9. The Labute approximate surface area is 388 Å². The molecule has 9 aromatic carbocycles. The van der Waals surface area contributed by atoms with Crippen LogP contribution in [0, 0.1) is 0 Å². The van der Waals surface area contributed by atoms with Crippen LogP contribution in [0.5, 0.6) is 0 Å². The molecule has 67 heavy (non-hydrogen) atoms. The molecule has 0 fully saturated rings. The van der Waals surface area contributed by atoms with E-state index in [2.05, 4.69) is 211 Å². The number of rotatable bonds is 7. The second-order valence-corrected chi connectivity index (χ2v) is 17.9. The molecule has 12 aromatic rings. The van der Waals surface area contributed by atoms with Gasteiger partial charge in [0.05, 0.1) is 22.1 Å². The molecule has 13 rings (SSSR count). The van der Waals surface area contributed by atoms with E-state index in [0.717, 1.165) is 56.0 Å². The van der Waals surface area contributed by atoms with Gasteiger partial charge in [-0.25, -0.2) is 19.9 Å². The van der Waals surface area contributed by atoms with Crippen molar-refractivity contribution >= 4 is 32.8 Å². The van der Waals surface area contributed by atoms with Crippen LogP contribution in [0.15, 0.2) is 218 Å². The minimum absolute atomic E-state index is 0.277. The van der Waals surface area contributed by atoms with Crippen LogP contribution in [0.2, 0.25) is 0 Å². The van der Waals surface area contributed by atoms with E-state index in [1.165, 1.54) is 49.6 Å². The van der Waals surface area contributed by atoms with Crippen LogP contribution in [0.3, 0.4) is 0 Å². The average molecular weight is 859 g/mol. The quantitative estimate of drug-likeness (QED) is 0.160. The summed E-state index contributed by atoms with van der Waals surface area (Å²) >= 11 is 0. The Morgan fingerprint density at radius 3 is 1.72 bits per heavy atom. The van der Waals surface area contributed by atoms with Crippen molar-refractivity contribution in [2.24, 2.45) is 0 Å². The summed E-state index contributed by atoms with van der Waals surface area (Å²) in [7, 11) is 0. The van der Waals surface area contributed by atoms with Crippen LogP contribution >= 0.6 is 0 Å². The Hall–Kier alpha value is -8.74. The summed E-state index contributed by atoms with van der Waals surface area (Å²) < 4.78 is 4.59. The third-order valence-corrected chi connectivity index (χ3v) is 13.6. The van der Waals surface area contributed by atoms with Gasteiger partial charge in [0.2, 0.25) is 0 Å². The maximum atomic E-state index is 5.35. The molecule has 0 saturated carbocycles. The Morgan fingerprint density at radius 2 is 0.925 bits per heavy atom. The van der Waals surface area contributed by atoms with Gasteiger partial charge in [0.15, 0.2) is 17.5 Å². The molecule has 1 aliphatic carbocycles. The molecule has 6 heteroatoms. The topological polar surface area (TPSA) is 61.4 Å². The summed E-state index contributed by atoms with van der Waals surface area (Å²) in [5.41, 5.74) is 17.3. The molecule has 0 bridgehead atoms. The van der Waals surface area contributed by atoms with Crippen molar-refractivity contribution in [1.82, 2.24) is 29.1 Å². The molecule has 3 heterocycles. The first-order valence-electron chi connectivity index (χ1n) is 22.8. The molecule has 1 aliphatic rings. The van der Waals surface area contributed by atoms with Crippen molar-refractivity contribution in [3.05, 3.63) is 230 Å². The minimum atomic E-state index is -0.277. The van der Waals surface area contributed by atoms with Crippen LogP contribution in [0.25, 0.3) is 112 Å². The number of hydrogen-bond donors (Lipinski definition) is 0. The van der Waals surface area contributed by atoms with E-state index >= 15 is 0 Å². The molecule has 0 spiro atoms. The Balaban J connectivity index is 0.941. The number of nitrogens with zero attached hydrogens (tertiary/aromatic N) is 6. The molecule has 316 valence electrons. The van der Waals surface area contributed by atoms with E-state index < -0.39 is 0 Å². The van der Waals surface area contributed by atoms with Gasteiger partial charge in [-0.2, -0.15) is 0 Å².